The van der Waals surface area contributed by atoms with Crippen LogP contribution in [0, 0.1) is 19.8 Å². The van der Waals surface area contributed by atoms with E-state index in [9.17, 15) is 14.4 Å². The number of nitrogens with one attached hydrogen (secondary N) is 2. The Morgan fingerprint density at radius 2 is 1.90 bits per heavy atom. The van der Waals surface area contributed by atoms with E-state index in [1.165, 1.54) is 0 Å². The zero-order valence-electron chi connectivity index (χ0n) is 17.6. The molecule has 0 radical (unpaired) electrons. The third kappa shape index (κ3) is 4.65. The van der Waals surface area contributed by atoms with E-state index < -0.39 is 5.92 Å². The Labute approximate surface area is 181 Å². The largest absolute Gasteiger partial charge is 0.350 e. The first-order valence-corrected chi connectivity index (χ1v) is 10.3. The molecule has 6 nitrogen and oxygen atoms in total. The van der Waals surface area contributed by atoms with Crippen LogP contribution in [-0.2, 0) is 9.59 Å². The van der Waals surface area contributed by atoms with Gasteiger partial charge in [0, 0.05) is 30.3 Å². The van der Waals surface area contributed by atoms with E-state index in [-0.39, 0.29) is 30.2 Å². The zero-order valence-corrected chi connectivity index (χ0v) is 18.3. The lowest BCUT2D eigenvalue weighted by Gasteiger charge is -2.20. The van der Waals surface area contributed by atoms with Crippen molar-refractivity contribution in [3.63, 3.8) is 0 Å². The number of anilines is 2. The quantitative estimate of drug-likeness (QED) is 0.754. The Hall–Kier alpha value is -2.86. The second-order valence-corrected chi connectivity index (χ2v) is 8.34. The van der Waals surface area contributed by atoms with E-state index in [2.05, 4.69) is 10.6 Å². The predicted molar refractivity (Wildman–Crippen MR) is 119 cm³/mol. The average molecular weight is 428 g/mol. The third-order valence-electron chi connectivity index (χ3n) is 5.27. The van der Waals surface area contributed by atoms with Gasteiger partial charge in [-0.15, -0.1) is 0 Å². The number of carbonyl (C=O) groups excluding carboxylic acids is 3. The van der Waals surface area contributed by atoms with Crippen LogP contribution < -0.4 is 15.5 Å². The van der Waals surface area contributed by atoms with Crippen molar-refractivity contribution >= 4 is 40.7 Å². The Bertz CT molecular complexity index is 1000. The predicted octanol–water partition coefficient (Wildman–Crippen LogP) is 4.09. The van der Waals surface area contributed by atoms with E-state index in [1.54, 1.807) is 23.1 Å². The molecular formula is C23H26ClN3O3. The highest BCUT2D eigenvalue weighted by Crippen LogP contribution is 2.31. The van der Waals surface area contributed by atoms with Gasteiger partial charge >= 0.3 is 0 Å². The number of benzene rings is 2. The van der Waals surface area contributed by atoms with Crippen molar-refractivity contribution in [2.75, 3.05) is 16.8 Å². The number of hydrogen-bond donors (Lipinski definition) is 2. The molecule has 1 fully saturated rings. The Balaban J connectivity index is 1.75. The SMILES string of the molecule is Cc1cccc(N2CC(C(=O)Nc3cc(C(=O)NC(C)C)ccc3Cl)CC2=O)c1C. The van der Waals surface area contributed by atoms with Gasteiger partial charge in [-0.3, -0.25) is 14.4 Å². The van der Waals surface area contributed by atoms with E-state index in [1.807, 2.05) is 45.9 Å². The Morgan fingerprint density at radius 1 is 1.17 bits per heavy atom. The summed E-state index contributed by atoms with van der Waals surface area (Å²) in [6.45, 7) is 8.01. The number of nitrogens with zero attached hydrogens (tertiary/aromatic N) is 1. The molecule has 2 aromatic rings. The molecule has 1 atom stereocenters. The van der Waals surface area contributed by atoms with E-state index in [0.29, 0.717) is 22.8 Å². The minimum Gasteiger partial charge on any atom is -0.350 e. The van der Waals surface area contributed by atoms with Crippen LogP contribution in [0.4, 0.5) is 11.4 Å². The maximum atomic E-state index is 12.9. The smallest absolute Gasteiger partial charge is 0.251 e. The molecule has 0 aromatic heterocycles. The van der Waals surface area contributed by atoms with Gasteiger partial charge in [-0.2, -0.15) is 0 Å². The summed E-state index contributed by atoms with van der Waals surface area (Å²) in [4.78, 5) is 39.3. The molecule has 1 aliphatic rings. The summed E-state index contributed by atoms with van der Waals surface area (Å²) in [6.07, 6.45) is 0.129. The van der Waals surface area contributed by atoms with Crippen molar-refractivity contribution in [3.05, 3.63) is 58.1 Å². The highest BCUT2D eigenvalue weighted by molar-refractivity contribution is 6.34. The molecule has 0 aliphatic carbocycles. The van der Waals surface area contributed by atoms with E-state index in [4.69, 9.17) is 11.6 Å². The van der Waals surface area contributed by atoms with Crippen LogP contribution in [0.5, 0.6) is 0 Å². The van der Waals surface area contributed by atoms with Gasteiger partial charge in [0.1, 0.15) is 0 Å². The molecule has 3 rings (SSSR count). The van der Waals surface area contributed by atoms with Gasteiger partial charge in [0.05, 0.1) is 16.6 Å². The van der Waals surface area contributed by atoms with Crippen molar-refractivity contribution in [1.29, 1.82) is 0 Å². The van der Waals surface area contributed by atoms with Crippen molar-refractivity contribution < 1.29 is 14.4 Å². The number of amides is 3. The van der Waals surface area contributed by atoms with Crippen LogP contribution in [0.3, 0.4) is 0 Å². The molecule has 1 unspecified atom stereocenters. The first kappa shape index (κ1) is 21.8. The topological polar surface area (TPSA) is 78.5 Å². The highest BCUT2D eigenvalue weighted by atomic mass is 35.5. The van der Waals surface area contributed by atoms with Crippen LogP contribution >= 0.6 is 11.6 Å². The minimum absolute atomic E-state index is 0.00761. The molecule has 1 heterocycles. The van der Waals surface area contributed by atoms with Gasteiger partial charge in [0.2, 0.25) is 11.8 Å². The lowest BCUT2D eigenvalue weighted by atomic mass is 10.1. The fraction of sp³-hybridized carbons (Fsp3) is 0.348. The second-order valence-electron chi connectivity index (χ2n) is 7.94. The second kappa shape index (κ2) is 8.88. The summed E-state index contributed by atoms with van der Waals surface area (Å²) in [7, 11) is 0. The maximum Gasteiger partial charge on any atom is 0.251 e. The van der Waals surface area contributed by atoms with E-state index >= 15 is 0 Å². The highest BCUT2D eigenvalue weighted by Gasteiger charge is 2.36. The third-order valence-corrected chi connectivity index (χ3v) is 5.60. The number of aryl methyl sites for hydroxylation is 1. The molecule has 1 aliphatic heterocycles. The number of carbonyl (C=O) groups is 3. The number of rotatable bonds is 5. The Morgan fingerprint density at radius 3 is 2.60 bits per heavy atom. The van der Waals surface area contributed by atoms with Crippen LogP contribution in [-0.4, -0.2) is 30.3 Å². The number of hydrogen-bond acceptors (Lipinski definition) is 3. The zero-order chi connectivity index (χ0) is 22.0. The van der Waals surface area contributed by atoms with Gasteiger partial charge < -0.3 is 15.5 Å². The van der Waals surface area contributed by atoms with Crippen LogP contribution in [0.1, 0.15) is 41.8 Å². The van der Waals surface area contributed by atoms with Gasteiger partial charge in [-0.1, -0.05) is 23.7 Å². The average Bonchev–Trinajstić information content (AvgIpc) is 3.06. The fourth-order valence-electron chi connectivity index (χ4n) is 3.49. The first-order valence-electron chi connectivity index (χ1n) is 9.95. The lowest BCUT2D eigenvalue weighted by Crippen LogP contribution is -2.30. The summed E-state index contributed by atoms with van der Waals surface area (Å²) in [5.41, 5.74) is 3.72. The van der Waals surface area contributed by atoms with Crippen LogP contribution in [0.25, 0.3) is 0 Å². The number of halogens is 1. The van der Waals surface area contributed by atoms with Gasteiger partial charge in [-0.25, -0.2) is 0 Å². The molecule has 7 heteroatoms. The van der Waals surface area contributed by atoms with E-state index in [0.717, 1.165) is 16.8 Å². The maximum absolute atomic E-state index is 12.9. The van der Waals surface area contributed by atoms with Crippen molar-refractivity contribution in [2.24, 2.45) is 5.92 Å². The molecular weight excluding hydrogens is 402 g/mol. The monoisotopic (exact) mass is 427 g/mol. The molecule has 2 aromatic carbocycles. The summed E-state index contributed by atoms with van der Waals surface area (Å²) < 4.78 is 0. The molecule has 0 saturated carbocycles. The van der Waals surface area contributed by atoms with Gasteiger partial charge in [0.25, 0.3) is 5.91 Å². The Kier molecular flexibility index (Phi) is 6.46. The summed E-state index contributed by atoms with van der Waals surface area (Å²) in [6, 6.07) is 10.5. The molecule has 0 spiro atoms. The molecule has 2 N–H and O–H groups in total. The first-order chi connectivity index (χ1) is 14.2. The van der Waals surface area contributed by atoms with Crippen molar-refractivity contribution in [2.45, 2.75) is 40.2 Å². The lowest BCUT2D eigenvalue weighted by molar-refractivity contribution is -0.122. The fourth-order valence-corrected chi connectivity index (χ4v) is 3.65. The van der Waals surface area contributed by atoms with Gasteiger partial charge in [0.15, 0.2) is 0 Å². The molecule has 3 amide bonds. The molecule has 30 heavy (non-hydrogen) atoms. The summed E-state index contributed by atoms with van der Waals surface area (Å²) in [5.74, 6) is -1.12. The normalized spacial score (nSPS) is 16.1. The van der Waals surface area contributed by atoms with Crippen LogP contribution in [0.15, 0.2) is 36.4 Å². The van der Waals surface area contributed by atoms with Crippen molar-refractivity contribution in [1.82, 2.24) is 5.32 Å². The van der Waals surface area contributed by atoms with Gasteiger partial charge in [-0.05, 0) is 63.1 Å². The summed E-state index contributed by atoms with van der Waals surface area (Å²) >= 11 is 6.23. The minimum atomic E-state index is -0.498. The van der Waals surface area contributed by atoms with Crippen molar-refractivity contribution in [3.8, 4) is 0 Å². The standard InChI is InChI=1S/C23H26ClN3O3/c1-13(2)25-22(29)16-8-9-18(24)19(10-16)26-23(30)17-11-21(28)27(12-17)20-7-5-6-14(3)15(20)4/h5-10,13,17H,11-12H2,1-4H3,(H,25,29)(H,26,30). The van der Waals surface area contributed by atoms with Crippen LogP contribution in [0.2, 0.25) is 5.02 Å². The summed E-state index contributed by atoms with van der Waals surface area (Å²) in [5, 5.41) is 5.93. The molecule has 0 bridgehead atoms. The molecule has 1 saturated heterocycles. The molecule has 158 valence electrons.